The van der Waals surface area contributed by atoms with Crippen molar-refractivity contribution in [3.05, 3.63) is 80.8 Å². The molecule has 1 aromatic heterocycles. The van der Waals surface area contributed by atoms with E-state index in [1.807, 2.05) is 0 Å². The lowest BCUT2D eigenvalue weighted by atomic mass is 10.1. The third-order valence-corrected chi connectivity index (χ3v) is 5.98. The van der Waals surface area contributed by atoms with Crippen LogP contribution in [0, 0.1) is 5.82 Å². The first-order valence-corrected chi connectivity index (χ1v) is 10.3. The number of halogens is 3. The highest BCUT2D eigenvalue weighted by Gasteiger charge is 2.18. The van der Waals surface area contributed by atoms with Crippen LogP contribution in [0.3, 0.4) is 0 Å². The Kier molecular flexibility index (Phi) is 6.14. The van der Waals surface area contributed by atoms with E-state index in [0.717, 1.165) is 4.68 Å². The second kappa shape index (κ2) is 8.40. The van der Waals surface area contributed by atoms with Crippen LogP contribution in [0.2, 0.25) is 10.0 Å². The third-order valence-electron chi connectivity index (χ3n) is 3.81. The molecule has 0 unspecified atom stereocenters. The molecule has 0 spiro atoms. The minimum absolute atomic E-state index is 0.00865. The highest BCUT2D eigenvalue weighted by molar-refractivity contribution is 7.89. The summed E-state index contributed by atoms with van der Waals surface area (Å²) in [5.74, 6) is -0.383. The average Bonchev–Trinajstić information content (AvgIpc) is 2.66. The summed E-state index contributed by atoms with van der Waals surface area (Å²) in [7, 11) is -3.91. The molecule has 0 aliphatic heterocycles. The van der Waals surface area contributed by atoms with Gasteiger partial charge in [-0.2, -0.15) is 5.10 Å². The molecular formula is C18H14Cl2FN3O3S. The molecule has 0 amide bonds. The van der Waals surface area contributed by atoms with Crippen molar-refractivity contribution in [2.45, 2.75) is 11.4 Å². The van der Waals surface area contributed by atoms with E-state index in [0.29, 0.717) is 11.3 Å². The SMILES string of the molecule is O=c1ccc(-c2ccc(F)cc2)nn1CCNS(=O)(=O)c1cc(Cl)ccc1Cl. The number of rotatable bonds is 6. The van der Waals surface area contributed by atoms with Gasteiger partial charge in [-0.1, -0.05) is 23.2 Å². The van der Waals surface area contributed by atoms with Gasteiger partial charge in [0, 0.05) is 23.2 Å². The minimum atomic E-state index is -3.91. The number of nitrogens with zero attached hydrogens (tertiary/aromatic N) is 2. The molecule has 1 heterocycles. The third kappa shape index (κ3) is 4.77. The van der Waals surface area contributed by atoms with Gasteiger partial charge in [0.15, 0.2) is 0 Å². The first-order valence-electron chi connectivity index (χ1n) is 8.05. The van der Waals surface area contributed by atoms with E-state index in [1.54, 1.807) is 0 Å². The Labute approximate surface area is 170 Å². The van der Waals surface area contributed by atoms with Crippen LogP contribution in [0.5, 0.6) is 0 Å². The molecule has 0 aliphatic carbocycles. The Bertz CT molecular complexity index is 1170. The van der Waals surface area contributed by atoms with Crippen LogP contribution in [0.1, 0.15) is 0 Å². The lowest BCUT2D eigenvalue weighted by Crippen LogP contribution is -2.32. The van der Waals surface area contributed by atoms with Crippen molar-refractivity contribution in [3.63, 3.8) is 0 Å². The van der Waals surface area contributed by atoms with Gasteiger partial charge in [-0.25, -0.2) is 22.2 Å². The summed E-state index contributed by atoms with van der Waals surface area (Å²) in [4.78, 5) is 11.9. The van der Waals surface area contributed by atoms with Gasteiger partial charge in [0.1, 0.15) is 10.7 Å². The summed E-state index contributed by atoms with van der Waals surface area (Å²) in [6.45, 7) is -0.101. The number of hydrogen-bond acceptors (Lipinski definition) is 4. The van der Waals surface area contributed by atoms with Gasteiger partial charge >= 0.3 is 0 Å². The van der Waals surface area contributed by atoms with Gasteiger partial charge in [-0.05, 0) is 48.5 Å². The van der Waals surface area contributed by atoms with E-state index in [2.05, 4.69) is 9.82 Å². The van der Waals surface area contributed by atoms with Crippen LogP contribution in [-0.4, -0.2) is 24.7 Å². The molecule has 0 aliphatic rings. The van der Waals surface area contributed by atoms with Crippen LogP contribution in [0.15, 0.2) is 64.3 Å². The molecule has 0 fully saturated rings. The number of sulfonamides is 1. The quantitative estimate of drug-likeness (QED) is 0.635. The Hall–Kier alpha value is -2.26. The van der Waals surface area contributed by atoms with Crippen LogP contribution >= 0.6 is 23.2 Å². The van der Waals surface area contributed by atoms with E-state index in [-0.39, 0.29) is 33.8 Å². The topological polar surface area (TPSA) is 81.1 Å². The molecule has 0 saturated heterocycles. The Morgan fingerprint density at radius 3 is 2.46 bits per heavy atom. The van der Waals surface area contributed by atoms with Crippen molar-refractivity contribution >= 4 is 33.2 Å². The van der Waals surface area contributed by atoms with Crippen LogP contribution < -0.4 is 10.3 Å². The number of nitrogens with one attached hydrogen (secondary N) is 1. The Morgan fingerprint density at radius 2 is 1.75 bits per heavy atom. The summed E-state index contributed by atoms with van der Waals surface area (Å²) in [6, 6.07) is 12.6. The highest BCUT2D eigenvalue weighted by atomic mass is 35.5. The predicted octanol–water partition coefficient (Wildman–Crippen LogP) is 3.33. The average molecular weight is 442 g/mol. The zero-order valence-electron chi connectivity index (χ0n) is 14.3. The largest absolute Gasteiger partial charge is 0.268 e. The van der Waals surface area contributed by atoms with Gasteiger partial charge in [-0.3, -0.25) is 4.79 Å². The summed E-state index contributed by atoms with van der Waals surface area (Å²) < 4.78 is 41.4. The van der Waals surface area contributed by atoms with Crippen molar-refractivity contribution < 1.29 is 12.8 Å². The van der Waals surface area contributed by atoms with Crippen molar-refractivity contribution in [2.24, 2.45) is 0 Å². The van der Waals surface area contributed by atoms with E-state index >= 15 is 0 Å². The summed E-state index contributed by atoms with van der Waals surface area (Å²) >= 11 is 11.8. The molecule has 3 aromatic rings. The van der Waals surface area contributed by atoms with E-state index in [1.165, 1.54) is 54.6 Å². The van der Waals surface area contributed by atoms with E-state index in [4.69, 9.17) is 23.2 Å². The molecule has 2 aromatic carbocycles. The maximum absolute atomic E-state index is 13.1. The van der Waals surface area contributed by atoms with Crippen molar-refractivity contribution in [1.29, 1.82) is 0 Å². The molecule has 146 valence electrons. The minimum Gasteiger partial charge on any atom is -0.268 e. The van der Waals surface area contributed by atoms with Gasteiger partial charge in [0.2, 0.25) is 10.0 Å². The van der Waals surface area contributed by atoms with Crippen LogP contribution in [0.25, 0.3) is 11.3 Å². The molecule has 3 rings (SSSR count). The normalized spacial score (nSPS) is 11.5. The second-order valence-electron chi connectivity index (χ2n) is 5.76. The number of benzene rings is 2. The van der Waals surface area contributed by atoms with Gasteiger partial charge in [0.25, 0.3) is 5.56 Å². The van der Waals surface area contributed by atoms with Crippen molar-refractivity contribution in [2.75, 3.05) is 6.54 Å². The fourth-order valence-corrected chi connectivity index (χ4v) is 4.21. The lowest BCUT2D eigenvalue weighted by molar-refractivity contribution is 0.549. The van der Waals surface area contributed by atoms with Crippen LogP contribution in [0.4, 0.5) is 4.39 Å². The molecule has 28 heavy (non-hydrogen) atoms. The molecule has 6 nitrogen and oxygen atoms in total. The zero-order valence-corrected chi connectivity index (χ0v) is 16.6. The maximum Gasteiger partial charge on any atom is 0.266 e. The summed E-state index contributed by atoms with van der Waals surface area (Å²) in [6.07, 6.45) is 0. The fraction of sp³-hybridized carbons (Fsp3) is 0.111. The van der Waals surface area contributed by atoms with Crippen LogP contribution in [-0.2, 0) is 16.6 Å². The summed E-state index contributed by atoms with van der Waals surface area (Å²) in [5.41, 5.74) is 0.688. The maximum atomic E-state index is 13.1. The number of aromatic nitrogens is 2. The molecule has 0 bridgehead atoms. The fourth-order valence-electron chi connectivity index (χ4n) is 2.43. The summed E-state index contributed by atoms with van der Waals surface area (Å²) in [5, 5.41) is 4.46. The molecular weight excluding hydrogens is 428 g/mol. The standard InChI is InChI=1S/C18H14Cl2FN3O3S/c19-13-3-6-15(20)17(11-13)28(26,27)22-9-10-24-18(25)8-7-16(23-24)12-1-4-14(21)5-2-12/h1-8,11,22H,9-10H2. The zero-order chi connectivity index (χ0) is 20.3. The second-order valence-corrected chi connectivity index (χ2v) is 8.34. The van der Waals surface area contributed by atoms with Gasteiger partial charge in [-0.15, -0.1) is 0 Å². The monoisotopic (exact) mass is 441 g/mol. The number of hydrogen-bond donors (Lipinski definition) is 1. The van der Waals surface area contributed by atoms with E-state index in [9.17, 15) is 17.6 Å². The molecule has 0 radical (unpaired) electrons. The molecule has 0 saturated carbocycles. The predicted molar refractivity (Wildman–Crippen MR) is 106 cm³/mol. The first-order chi connectivity index (χ1) is 13.3. The molecule has 0 atom stereocenters. The van der Waals surface area contributed by atoms with E-state index < -0.39 is 15.6 Å². The molecule has 1 N–H and O–H groups in total. The Morgan fingerprint density at radius 1 is 1.04 bits per heavy atom. The van der Waals surface area contributed by atoms with Gasteiger partial charge in [0.05, 0.1) is 17.3 Å². The Balaban J connectivity index is 1.76. The highest BCUT2D eigenvalue weighted by Crippen LogP contribution is 2.24. The first kappa shape index (κ1) is 20.5. The lowest BCUT2D eigenvalue weighted by Gasteiger charge is -2.10. The van der Waals surface area contributed by atoms with Gasteiger partial charge < -0.3 is 0 Å². The molecule has 10 heteroatoms. The van der Waals surface area contributed by atoms with Crippen molar-refractivity contribution in [3.8, 4) is 11.3 Å². The smallest absolute Gasteiger partial charge is 0.266 e. The van der Waals surface area contributed by atoms with Crippen molar-refractivity contribution in [1.82, 2.24) is 14.5 Å².